The van der Waals surface area contributed by atoms with Gasteiger partial charge in [0.25, 0.3) is 11.6 Å². The van der Waals surface area contributed by atoms with Crippen LogP contribution in [0.3, 0.4) is 0 Å². The Hall–Kier alpha value is -3.27. The van der Waals surface area contributed by atoms with Gasteiger partial charge in [-0.05, 0) is 36.4 Å². The summed E-state index contributed by atoms with van der Waals surface area (Å²) in [6, 6.07) is 8.41. The van der Waals surface area contributed by atoms with E-state index in [1.54, 1.807) is 0 Å². The predicted octanol–water partition coefficient (Wildman–Crippen LogP) is 3.65. The van der Waals surface area contributed by atoms with Gasteiger partial charge in [-0.25, -0.2) is 4.79 Å². The fraction of sp³-hybridized carbons (Fsp3) is 0.125. The van der Waals surface area contributed by atoms with E-state index in [9.17, 15) is 28.5 Å². The van der Waals surface area contributed by atoms with Crippen LogP contribution in [0.4, 0.5) is 20.2 Å². The molecule has 0 atom stereocenters. The average molecular weight is 401 g/mol. The largest absolute Gasteiger partial charge is 0.452 e. The summed E-state index contributed by atoms with van der Waals surface area (Å²) in [7, 11) is 0. The Balaban J connectivity index is 1.94. The number of carbonyl (C=O) groups excluding carboxylic acids is 2. The van der Waals surface area contributed by atoms with Gasteiger partial charge >= 0.3 is 12.6 Å². The number of rotatable bonds is 7. The molecule has 0 bridgehead atoms. The third-order valence-electron chi connectivity index (χ3n) is 3.07. The molecule has 142 valence electrons. The van der Waals surface area contributed by atoms with E-state index in [1.807, 2.05) is 0 Å². The summed E-state index contributed by atoms with van der Waals surface area (Å²) in [5, 5.41) is 13.4. The number of anilines is 1. The zero-order valence-corrected chi connectivity index (χ0v) is 14.1. The highest BCUT2D eigenvalue weighted by molar-refractivity contribution is 6.31. The molecule has 0 aromatic heterocycles. The molecule has 0 aliphatic carbocycles. The second-order valence-electron chi connectivity index (χ2n) is 4.95. The Morgan fingerprint density at radius 3 is 2.44 bits per heavy atom. The minimum atomic E-state index is -2.97. The van der Waals surface area contributed by atoms with Crippen LogP contribution in [0.15, 0.2) is 42.5 Å². The van der Waals surface area contributed by atoms with Gasteiger partial charge in [-0.1, -0.05) is 11.6 Å². The summed E-state index contributed by atoms with van der Waals surface area (Å²) in [4.78, 5) is 33.9. The second kappa shape index (κ2) is 8.90. The Morgan fingerprint density at radius 1 is 1.19 bits per heavy atom. The predicted molar refractivity (Wildman–Crippen MR) is 90.1 cm³/mol. The summed E-state index contributed by atoms with van der Waals surface area (Å²) in [6.07, 6.45) is 0. The van der Waals surface area contributed by atoms with Crippen LogP contribution in [0.2, 0.25) is 5.02 Å². The maximum atomic E-state index is 12.1. The highest BCUT2D eigenvalue weighted by Crippen LogP contribution is 2.24. The van der Waals surface area contributed by atoms with Crippen molar-refractivity contribution in [3.8, 4) is 5.75 Å². The van der Waals surface area contributed by atoms with Gasteiger partial charge in [-0.2, -0.15) is 8.78 Å². The van der Waals surface area contributed by atoms with E-state index in [4.69, 9.17) is 16.3 Å². The van der Waals surface area contributed by atoms with E-state index < -0.39 is 35.7 Å². The van der Waals surface area contributed by atoms with Crippen LogP contribution >= 0.6 is 11.6 Å². The van der Waals surface area contributed by atoms with Gasteiger partial charge in [0.2, 0.25) is 0 Å². The number of hydrogen-bond acceptors (Lipinski definition) is 6. The number of alkyl halides is 2. The molecular weight excluding hydrogens is 390 g/mol. The first-order valence-electron chi connectivity index (χ1n) is 7.22. The number of nitro groups is 1. The average Bonchev–Trinajstić information content (AvgIpc) is 2.60. The van der Waals surface area contributed by atoms with Gasteiger partial charge in [0.05, 0.1) is 4.92 Å². The van der Waals surface area contributed by atoms with E-state index in [0.29, 0.717) is 0 Å². The Bertz CT molecular complexity index is 860. The zero-order chi connectivity index (χ0) is 20.0. The van der Waals surface area contributed by atoms with Gasteiger partial charge in [0.15, 0.2) is 6.61 Å². The number of nitro benzene ring substituents is 1. The number of nitrogens with zero attached hydrogens (tertiary/aromatic N) is 1. The fourth-order valence-electron chi connectivity index (χ4n) is 1.95. The van der Waals surface area contributed by atoms with Gasteiger partial charge < -0.3 is 14.8 Å². The fourth-order valence-corrected chi connectivity index (χ4v) is 2.12. The minimum Gasteiger partial charge on any atom is -0.452 e. The first-order chi connectivity index (χ1) is 12.8. The lowest BCUT2D eigenvalue weighted by Crippen LogP contribution is -2.21. The monoisotopic (exact) mass is 400 g/mol. The molecule has 11 heteroatoms. The van der Waals surface area contributed by atoms with Crippen LogP contribution in [-0.4, -0.2) is 30.0 Å². The maximum Gasteiger partial charge on any atom is 0.387 e. The van der Waals surface area contributed by atoms with Crippen LogP contribution < -0.4 is 10.1 Å². The summed E-state index contributed by atoms with van der Waals surface area (Å²) < 4.78 is 33.0. The number of esters is 1. The molecule has 0 unspecified atom stereocenters. The van der Waals surface area contributed by atoms with Crippen molar-refractivity contribution in [1.82, 2.24) is 0 Å². The Morgan fingerprint density at radius 2 is 1.85 bits per heavy atom. The molecule has 1 N–H and O–H groups in total. The van der Waals surface area contributed by atoms with Crippen molar-refractivity contribution in [2.24, 2.45) is 0 Å². The molecule has 0 aliphatic heterocycles. The quantitative estimate of drug-likeness (QED) is 0.432. The van der Waals surface area contributed by atoms with E-state index in [2.05, 4.69) is 10.1 Å². The number of hydrogen-bond donors (Lipinski definition) is 1. The molecule has 0 saturated heterocycles. The molecule has 27 heavy (non-hydrogen) atoms. The van der Waals surface area contributed by atoms with E-state index >= 15 is 0 Å². The van der Waals surface area contributed by atoms with Crippen molar-refractivity contribution in [2.75, 3.05) is 11.9 Å². The standard InChI is InChI=1S/C16H11ClF2N2O6/c17-9-1-6-12(13(7-9)21(24)25)15(23)26-8-14(22)20-10-2-4-11(5-3-10)27-16(18)19/h1-7,16H,8H2,(H,20,22). The number of amides is 1. The van der Waals surface area contributed by atoms with Gasteiger partial charge in [0.1, 0.15) is 11.3 Å². The van der Waals surface area contributed by atoms with Crippen molar-refractivity contribution in [2.45, 2.75) is 6.61 Å². The molecule has 2 aromatic carbocycles. The molecule has 1 amide bonds. The topological polar surface area (TPSA) is 108 Å². The number of carbonyl (C=O) groups is 2. The number of nitrogens with one attached hydrogen (secondary N) is 1. The van der Waals surface area contributed by atoms with Crippen LogP contribution in [0, 0.1) is 10.1 Å². The highest BCUT2D eigenvalue weighted by Gasteiger charge is 2.22. The highest BCUT2D eigenvalue weighted by atomic mass is 35.5. The third kappa shape index (κ3) is 5.89. The van der Waals surface area contributed by atoms with Crippen LogP contribution in [0.5, 0.6) is 5.75 Å². The number of ether oxygens (including phenoxy) is 2. The van der Waals surface area contributed by atoms with Crippen LogP contribution in [-0.2, 0) is 9.53 Å². The molecular formula is C16H11ClF2N2O6. The summed E-state index contributed by atoms with van der Waals surface area (Å²) in [5.74, 6) is -1.90. The van der Waals surface area contributed by atoms with Crippen molar-refractivity contribution < 1.29 is 32.8 Å². The van der Waals surface area contributed by atoms with E-state index in [0.717, 1.165) is 12.1 Å². The van der Waals surface area contributed by atoms with E-state index in [1.165, 1.54) is 30.3 Å². The normalized spacial score (nSPS) is 10.4. The lowest BCUT2D eigenvalue weighted by molar-refractivity contribution is -0.385. The Kier molecular flexibility index (Phi) is 6.61. The smallest absolute Gasteiger partial charge is 0.387 e. The first-order valence-corrected chi connectivity index (χ1v) is 7.60. The molecule has 2 rings (SSSR count). The van der Waals surface area contributed by atoms with Crippen LogP contribution in [0.1, 0.15) is 10.4 Å². The van der Waals surface area contributed by atoms with Crippen molar-refractivity contribution >= 4 is 34.9 Å². The van der Waals surface area contributed by atoms with Gasteiger partial charge in [0, 0.05) is 16.8 Å². The van der Waals surface area contributed by atoms with E-state index in [-0.39, 0.29) is 22.0 Å². The first kappa shape index (κ1) is 20.0. The number of halogens is 3. The lowest BCUT2D eigenvalue weighted by Gasteiger charge is -2.08. The minimum absolute atomic E-state index is 0.0651. The SMILES string of the molecule is O=C(COC(=O)c1ccc(Cl)cc1[N+](=O)[O-])Nc1ccc(OC(F)F)cc1. The molecule has 0 heterocycles. The van der Waals surface area contributed by atoms with Gasteiger partial charge in [-0.15, -0.1) is 0 Å². The molecule has 0 spiro atoms. The van der Waals surface area contributed by atoms with Crippen molar-refractivity contribution in [1.29, 1.82) is 0 Å². The molecule has 8 nitrogen and oxygen atoms in total. The maximum absolute atomic E-state index is 12.1. The summed E-state index contributed by atoms with van der Waals surface area (Å²) >= 11 is 5.65. The third-order valence-corrected chi connectivity index (χ3v) is 3.31. The second-order valence-corrected chi connectivity index (χ2v) is 5.38. The molecule has 0 saturated carbocycles. The summed E-state index contributed by atoms with van der Waals surface area (Å²) in [5.41, 5.74) is -0.664. The summed E-state index contributed by atoms with van der Waals surface area (Å²) in [6.45, 7) is -3.68. The molecule has 0 fully saturated rings. The lowest BCUT2D eigenvalue weighted by atomic mass is 10.2. The molecule has 0 aliphatic rings. The molecule has 2 aromatic rings. The van der Waals surface area contributed by atoms with Crippen molar-refractivity contribution in [3.63, 3.8) is 0 Å². The van der Waals surface area contributed by atoms with Crippen LogP contribution in [0.25, 0.3) is 0 Å². The Labute approximate surface area is 155 Å². The molecule has 0 radical (unpaired) electrons. The number of benzene rings is 2. The van der Waals surface area contributed by atoms with Gasteiger partial charge in [-0.3, -0.25) is 14.9 Å². The van der Waals surface area contributed by atoms with Crippen molar-refractivity contribution in [3.05, 3.63) is 63.2 Å². The zero-order valence-electron chi connectivity index (χ0n) is 13.4.